The standard InChI is InChI=1S/C14H16N6O7S2/c15-13(21)17-19(28(23,24)11-7-3-1-4-8-11)27-20(18-14(16)22)29(25,26)12-9-5-2-6-10-12/h1-10H,(H3,15,17,21)(H3,16,18,22). The van der Waals surface area contributed by atoms with Crippen LogP contribution in [0.4, 0.5) is 9.59 Å². The van der Waals surface area contributed by atoms with E-state index in [0.29, 0.717) is 0 Å². The van der Waals surface area contributed by atoms with Crippen LogP contribution >= 0.6 is 0 Å². The molecule has 0 saturated heterocycles. The first-order chi connectivity index (χ1) is 13.5. The summed E-state index contributed by atoms with van der Waals surface area (Å²) < 4.78 is 50.4. The molecule has 0 heterocycles. The van der Waals surface area contributed by atoms with E-state index in [-0.39, 0.29) is 18.9 Å². The molecule has 0 spiro atoms. The van der Waals surface area contributed by atoms with Crippen LogP contribution in [0.2, 0.25) is 0 Å². The van der Waals surface area contributed by atoms with E-state index in [4.69, 9.17) is 16.4 Å². The minimum Gasteiger partial charge on any atom is -0.350 e. The summed E-state index contributed by atoms with van der Waals surface area (Å²) in [5.74, 6) is 0. The van der Waals surface area contributed by atoms with Crippen LogP contribution in [-0.4, -0.2) is 38.1 Å². The Hall–Kier alpha value is -3.24. The van der Waals surface area contributed by atoms with Crippen molar-refractivity contribution in [1.82, 2.24) is 20.0 Å². The molecule has 0 atom stereocenters. The molecular weight excluding hydrogens is 428 g/mol. The van der Waals surface area contributed by atoms with Crippen LogP contribution in [0.25, 0.3) is 0 Å². The smallest absolute Gasteiger partial charge is 0.329 e. The van der Waals surface area contributed by atoms with Gasteiger partial charge in [-0.15, -0.1) is 4.94 Å². The fourth-order valence-corrected chi connectivity index (χ4v) is 4.03. The molecule has 2 rings (SSSR count). The van der Waals surface area contributed by atoms with Crippen LogP contribution < -0.4 is 22.3 Å². The largest absolute Gasteiger partial charge is 0.350 e. The zero-order valence-corrected chi connectivity index (χ0v) is 16.1. The maximum atomic E-state index is 12.7. The Morgan fingerprint density at radius 2 is 1.00 bits per heavy atom. The summed E-state index contributed by atoms with van der Waals surface area (Å²) in [6.45, 7) is 0. The second kappa shape index (κ2) is 8.84. The van der Waals surface area contributed by atoms with Crippen molar-refractivity contribution in [3.05, 3.63) is 60.7 Å². The number of urea groups is 2. The molecule has 13 nitrogen and oxygen atoms in total. The molecule has 0 unspecified atom stereocenters. The van der Waals surface area contributed by atoms with Gasteiger partial charge in [0.1, 0.15) is 0 Å². The third kappa shape index (κ3) is 5.39. The van der Waals surface area contributed by atoms with Crippen molar-refractivity contribution in [3.8, 4) is 0 Å². The van der Waals surface area contributed by atoms with Gasteiger partial charge in [-0.1, -0.05) is 36.4 Å². The van der Waals surface area contributed by atoms with Gasteiger partial charge in [-0.05, 0) is 24.3 Å². The normalized spacial score (nSPS) is 11.9. The molecule has 2 aromatic rings. The Kier molecular flexibility index (Phi) is 6.72. The van der Waals surface area contributed by atoms with Crippen LogP contribution in [0.3, 0.4) is 0 Å². The van der Waals surface area contributed by atoms with Crippen molar-refractivity contribution in [2.45, 2.75) is 9.79 Å². The number of carbonyl (C=O) groups excluding carboxylic acids is 2. The van der Waals surface area contributed by atoms with Gasteiger partial charge in [0.15, 0.2) is 0 Å². The van der Waals surface area contributed by atoms with Gasteiger partial charge in [0.25, 0.3) is 20.0 Å². The summed E-state index contributed by atoms with van der Waals surface area (Å²) in [5.41, 5.74) is 13.1. The van der Waals surface area contributed by atoms with E-state index in [9.17, 15) is 26.4 Å². The monoisotopic (exact) mass is 444 g/mol. The number of sulfonamides is 2. The highest BCUT2D eigenvalue weighted by molar-refractivity contribution is 7.89. The van der Waals surface area contributed by atoms with Gasteiger partial charge in [-0.3, -0.25) is 0 Å². The molecule has 4 amide bonds. The zero-order chi connectivity index (χ0) is 21.7. The maximum Gasteiger partial charge on any atom is 0.329 e. The van der Waals surface area contributed by atoms with Crippen LogP contribution in [0.5, 0.6) is 0 Å². The number of benzene rings is 2. The Labute approximate surface area is 165 Å². The predicted octanol–water partition coefficient (Wildman–Crippen LogP) is -0.619. The topological polar surface area (TPSA) is 194 Å². The molecule has 0 fully saturated rings. The third-order valence-electron chi connectivity index (χ3n) is 3.07. The fraction of sp³-hybridized carbons (Fsp3) is 0. The number of hydrogen-bond acceptors (Lipinski definition) is 7. The second-order valence-electron chi connectivity index (χ2n) is 5.12. The van der Waals surface area contributed by atoms with E-state index in [1.807, 2.05) is 0 Å². The van der Waals surface area contributed by atoms with Gasteiger partial charge in [0.2, 0.25) is 0 Å². The quantitative estimate of drug-likeness (QED) is 0.389. The Bertz CT molecular complexity index is 990. The molecular formula is C14H16N6O7S2. The van der Waals surface area contributed by atoms with Crippen molar-refractivity contribution in [3.63, 3.8) is 0 Å². The summed E-state index contributed by atoms with van der Waals surface area (Å²) in [7, 11) is -9.34. The summed E-state index contributed by atoms with van der Waals surface area (Å²) in [6, 6.07) is 10.3. The van der Waals surface area contributed by atoms with Gasteiger partial charge in [-0.25, -0.2) is 37.3 Å². The number of primary amides is 2. The Morgan fingerprint density at radius 1 is 0.690 bits per heavy atom. The number of hydrazine groups is 2. The summed E-state index contributed by atoms with van der Waals surface area (Å²) in [6.07, 6.45) is 0. The molecule has 6 N–H and O–H groups in total. The van der Waals surface area contributed by atoms with Gasteiger partial charge >= 0.3 is 12.1 Å². The molecule has 0 saturated carbocycles. The number of nitrogens with one attached hydrogen (secondary N) is 2. The molecule has 2 aromatic carbocycles. The molecule has 15 heteroatoms. The lowest BCUT2D eigenvalue weighted by Crippen LogP contribution is -2.57. The highest BCUT2D eigenvalue weighted by Crippen LogP contribution is 2.18. The first-order valence-electron chi connectivity index (χ1n) is 7.56. The molecule has 0 radical (unpaired) electrons. The molecule has 0 aliphatic carbocycles. The van der Waals surface area contributed by atoms with Crippen molar-refractivity contribution in [1.29, 1.82) is 0 Å². The SMILES string of the molecule is NC(=O)NN(ON(NC(N)=O)S(=O)(=O)c1ccccc1)S(=O)(=O)c1ccccc1. The highest BCUT2D eigenvalue weighted by Gasteiger charge is 2.36. The van der Waals surface area contributed by atoms with Crippen molar-refractivity contribution < 1.29 is 31.4 Å². The minimum atomic E-state index is -4.67. The van der Waals surface area contributed by atoms with Gasteiger partial charge < -0.3 is 11.5 Å². The summed E-state index contributed by atoms with van der Waals surface area (Å²) in [5, 5.41) is 0. The zero-order valence-electron chi connectivity index (χ0n) is 14.5. The van der Waals surface area contributed by atoms with Gasteiger partial charge in [0.05, 0.1) is 9.79 Å². The maximum absolute atomic E-state index is 12.7. The number of hydrogen-bond donors (Lipinski definition) is 4. The van der Waals surface area contributed by atoms with E-state index in [2.05, 4.69) is 0 Å². The molecule has 0 aliphatic rings. The lowest BCUT2D eigenvalue weighted by atomic mass is 10.4. The van der Waals surface area contributed by atoms with Crippen molar-refractivity contribution in [2.24, 2.45) is 11.5 Å². The van der Waals surface area contributed by atoms with E-state index in [1.54, 1.807) is 10.9 Å². The Balaban J connectivity index is 2.49. The lowest BCUT2D eigenvalue weighted by Gasteiger charge is -2.26. The van der Waals surface area contributed by atoms with Crippen LogP contribution in [0.1, 0.15) is 0 Å². The third-order valence-corrected chi connectivity index (χ3v) is 5.99. The average Bonchev–Trinajstić information content (AvgIpc) is 2.67. The molecule has 156 valence electrons. The van der Waals surface area contributed by atoms with Crippen molar-refractivity contribution in [2.75, 3.05) is 0 Å². The summed E-state index contributed by atoms with van der Waals surface area (Å²) in [4.78, 5) is 26.5. The van der Waals surface area contributed by atoms with E-state index in [1.165, 1.54) is 36.4 Å². The number of rotatable bonds is 8. The summed E-state index contributed by atoms with van der Waals surface area (Å²) >= 11 is 0. The first-order valence-corrected chi connectivity index (χ1v) is 10.4. The van der Waals surface area contributed by atoms with Crippen LogP contribution in [0.15, 0.2) is 70.5 Å². The van der Waals surface area contributed by atoms with E-state index in [0.717, 1.165) is 24.3 Å². The molecule has 0 aliphatic heterocycles. The minimum absolute atomic E-state index is 0.235. The molecule has 29 heavy (non-hydrogen) atoms. The average molecular weight is 444 g/mol. The predicted molar refractivity (Wildman–Crippen MR) is 97.5 cm³/mol. The Morgan fingerprint density at radius 3 is 1.28 bits per heavy atom. The lowest BCUT2D eigenvalue weighted by molar-refractivity contribution is -0.261. The number of amides is 4. The van der Waals surface area contributed by atoms with Crippen LogP contribution in [-0.2, 0) is 25.0 Å². The van der Waals surface area contributed by atoms with Crippen molar-refractivity contribution >= 4 is 32.1 Å². The fourth-order valence-electron chi connectivity index (χ4n) is 1.87. The number of carbonyl (C=O) groups is 2. The second-order valence-corrected chi connectivity index (χ2v) is 8.63. The van der Waals surface area contributed by atoms with Gasteiger partial charge in [0, 0.05) is 9.16 Å². The molecule has 0 bridgehead atoms. The van der Waals surface area contributed by atoms with Crippen LogP contribution in [0, 0.1) is 0 Å². The first kappa shape index (κ1) is 22.1. The number of nitrogens with zero attached hydrogens (tertiary/aromatic N) is 2. The van der Waals surface area contributed by atoms with E-state index >= 15 is 0 Å². The highest BCUT2D eigenvalue weighted by atomic mass is 32.2. The van der Waals surface area contributed by atoms with Gasteiger partial charge in [-0.2, -0.15) is 0 Å². The molecule has 0 aromatic heterocycles. The number of nitrogens with two attached hydrogens (primary N) is 2. The van der Waals surface area contributed by atoms with E-state index < -0.39 is 32.1 Å².